The Hall–Kier alpha value is -1.39. The van der Waals surface area contributed by atoms with E-state index >= 15 is 0 Å². The van der Waals surface area contributed by atoms with Crippen LogP contribution in [0.15, 0.2) is 30.3 Å². The molecule has 1 aromatic carbocycles. The first-order chi connectivity index (χ1) is 10.1. The third-order valence-corrected chi connectivity index (χ3v) is 4.28. The van der Waals surface area contributed by atoms with E-state index in [-0.39, 0.29) is 6.04 Å². The summed E-state index contributed by atoms with van der Waals surface area (Å²) in [6, 6.07) is 9.67. The van der Waals surface area contributed by atoms with Gasteiger partial charge in [-0.2, -0.15) is 0 Å². The van der Waals surface area contributed by atoms with Crippen LogP contribution in [0.3, 0.4) is 0 Å². The van der Waals surface area contributed by atoms with Crippen molar-refractivity contribution in [3.8, 4) is 0 Å². The lowest BCUT2D eigenvalue weighted by Gasteiger charge is -2.25. The average molecular weight is 290 g/mol. The van der Waals surface area contributed by atoms with Crippen molar-refractivity contribution in [2.24, 2.45) is 0 Å². The summed E-state index contributed by atoms with van der Waals surface area (Å²) in [5.74, 6) is -0.800. The van der Waals surface area contributed by atoms with Crippen LogP contribution in [-0.4, -0.2) is 41.1 Å². The van der Waals surface area contributed by atoms with E-state index in [1.54, 1.807) is 0 Å². The van der Waals surface area contributed by atoms with E-state index in [1.807, 2.05) is 30.3 Å². The second-order valence-electron chi connectivity index (χ2n) is 6.11. The number of hydrogen-bond acceptors (Lipinski definition) is 3. The number of aliphatic carboxylic acids is 1. The topological polar surface area (TPSA) is 52.6 Å². The second-order valence-corrected chi connectivity index (χ2v) is 6.11. The number of likely N-dealkylation sites (tertiary alicyclic amines) is 1. The highest BCUT2D eigenvalue weighted by atomic mass is 16.4. The van der Waals surface area contributed by atoms with Crippen molar-refractivity contribution < 1.29 is 9.90 Å². The average Bonchev–Trinajstić information content (AvgIpc) is 2.71. The van der Waals surface area contributed by atoms with Crippen molar-refractivity contribution in [1.29, 1.82) is 0 Å². The van der Waals surface area contributed by atoms with Gasteiger partial charge >= 0.3 is 5.97 Å². The Morgan fingerprint density at radius 3 is 2.57 bits per heavy atom. The van der Waals surface area contributed by atoms with Gasteiger partial charge in [-0.05, 0) is 51.8 Å². The molecule has 2 atom stereocenters. The van der Waals surface area contributed by atoms with E-state index < -0.39 is 12.0 Å². The van der Waals surface area contributed by atoms with Gasteiger partial charge in [0, 0.05) is 12.1 Å². The molecule has 1 saturated heterocycles. The zero-order valence-corrected chi connectivity index (χ0v) is 13.0. The molecule has 0 aromatic heterocycles. The molecule has 0 aliphatic carbocycles. The van der Waals surface area contributed by atoms with Gasteiger partial charge in [0.2, 0.25) is 0 Å². The van der Waals surface area contributed by atoms with Crippen LogP contribution in [-0.2, 0) is 4.79 Å². The molecule has 0 amide bonds. The lowest BCUT2D eigenvalue weighted by atomic mass is 10.0. The summed E-state index contributed by atoms with van der Waals surface area (Å²) in [5, 5.41) is 12.8. The van der Waals surface area contributed by atoms with Gasteiger partial charge in [0.05, 0.1) is 0 Å². The van der Waals surface area contributed by atoms with Crippen LogP contribution in [0.1, 0.15) is 44.7 Å². The van der Waals surface area contributed by atoms with Crippen LogP contribution in [0.25, 0.3) is 0 Å². The molecular formula is C17H26N2O2. The Morgan fingerprint density at radius 2 is 1.95 bits per heavy atom. The molecule has 1 aromatic rings. The van der Waals surface area contributed by atoms with Crippen molar-refractivity contribution in [3.05, 3.63) is 35.9 Å². The van der Waals surface area contributed by atoms with Gasteiger partial charge in [-0.1, -0.05) is 30.3 Å². The number of carbonyl (C=O) groups is 1. The molecule has 0 spiro atoms. The van der Waals surface area contributed by atoms with Gasteiger partial charge in [-0.3, -0.25) is 10.1 Å². The molecule has 1 aliphatic rings. The highest BCUT2D eigenvalue weighted by molar-refractivity contribution is 5.75. The smallest absolute Gasteiger partial charge is 0.325 e. The normalized spacial score (nSPS) is 22.0. The summed E-state index contributed by atoms with van der Waals surface area (Å²) >= 11 is 0. The van der Waals surface area contributed by atoms with E-state index in [0.29, 0.717) is 6.04 Å². The number of carboxylic acid groups (broad SMARTS) is 1. The maximum Gasteiger partial charge on any atom is 0.325 e. The third kappa shape index (κ3) is 4.55. The van der Waals surface area contributed by atoms with E-state index in [9.17, 15) is 9.90 Å². The lowest BCUT2D eigenvalue weighted by Crippen LogP contribution is -2.38. The van der Waals surface area contributed by atoms with Crippen molar-refractivity contribution in [2.75, 3.05) is 13.1 Å². The molecular weight excluding hydrogens is 264 g/mol. The molecule has 1 aliphatic heterocycles. The summed E-state index contributed by atoms with van der Waals surface area (Å²) in [6.45, 7) is 6.59. The van der Waals surface area contributed by atoms with Gasteiger partial charge in [0.15, 0.2) is 0 Å². The molecule has 2 rings (SSSR count). The van der Waals surface area contributed by atoms with Crippen molar-refractivity contribution in [2.45, 2.75) is 51.2 Å². The summed E-state index contributed by atoms with van der Waals surface area (Å²) in [4.78, 5) is 14.0. The van der Waals surface area contributed by atoms with E-state index in [1.165, 1.54) is 0 Å². The molecule has 1 heterocycles. The summed E-state index contributed by atoms with van der Waals surface area (Å²) < 4.78 is 0. The van der Waals surface area contributed by atoms with Crippen molar-refractivity contribution >= 4 is 5.97 Å². The number of benzene rings is 1. The maximum atomic E-state index is 11.6. The van der Waals surface area contributed by atoms with Gasteiger partial charge < -0.3 is 10.0 Å². The van der Waals surface area contributed by atoms with Crippen molar-refractivity contribution in [1.82, 2.24) is 10.2 Å². The monoisotopic (exact) mass is 290 g/mol. The van der Waals surface area contributed by atoms with Crippen LogP contribution in [0.4, 0.5) is 0 Å². The first-order valence-electron chi connectivity index (χ1n) is 7.85. The van der Waals surface area contributed by atoms with Crippen LogP contribution in [0.2, 0.25) is 0 Å². The van der Waals surface area contributed by atoms with Gasteiger partial charge in [0.1, 0.15) is 6.04 Å². The Kier molecular flexibility index (Phi) is 5.76. The molecule has 2 N–H and O–H groups in total. The zero-order valence-electron chi connectivity index (χ0n) is 13.0. The number of rotatable bonds is 5. The summed E-state index contributed by atoms with van der Waals surface area (Å²) in [7, 11) is 0. The number of carboxylic acids is 1. The van der Waals surface area contributed by atoms with E-state index in [4.69, 9.17) is 0 Å². The molecule has 4 nitrogen and oxygen atoms in total. The summed E-state index contributed by atoms with van der Waals surface area (Å²) in [5.41, 5.74) is 0.829. The minimum absolute atomic E-state index is 0.273. The largest absolute Gasteiger partial charge is 0.480 e. The Balaban J connectivity index is 2.00. The van der Waals surface area contributed by atoms with Gasteiger partial charge in [-0.25, -0.2) is 0 Å². The van der Waals surface area contributed by atoms with Crippen molar-refractivity contribution in [3.63, 3.8) is 0 Å². The first-order valence-corrected chi connectivity index (χ1v) is 7.85. The van der Waals surface area contributed by atoms with Gasteiger partial charge in [-0.15, -0.1) is 0 Å². The van der Waals surface area contributed by atoms with E-state index in [2.05, 4.69) is 24.1 Å². The molecule has 0 saturated carbocycles. The Morgan fingerprint density at radius 1 is 1.24 bits per heavy atom. The molecule has 2 unspecified atom stereocenters. The molecule has 4 heteroatoms. The fourth-order valence-electron chi connectivity index (χ4n) is 2.99. The summed E-state index contributed by atoms with van der Waals surface area (Å²) in [6.07, 6.45) is 3.17. The van der Waals surface area contributed by atoms with Crippen LogP contribution >= 0.6 is 0 Å². The Labute approximate surface area is 127 Å². The quantitative estimate of drug-likeness (QED) is 0.875. The fraction of sp³-hybridized carbons (Fsp3) is 0.588. The maximum absolute atomic E-state index is 11.6. The minimum Gasteiger partial charge on any atom is -0.480 e. The molecule has 116 valence electrons. The van der Waals surface area contributed by atoms with Crippen LogP contribution in [0, 0.1) is 0 Å². The standard InChI is InChI=1S/C17H26N2O2/c1-13(2)19-11-6-9-15(10-12-19)18-16(17(20)21)14-7-4-3-5-8-14/h3-5,7-8,13,15-16,18H,6,9-12H2,1-2H3,(H,20,21). The SMILES string of the molecule is CC(C)N1CCCC(NC(C(=O)O)c2ccccc2)CC1. The molecule has 0 bridgehead atoms. The van der Waals surface area contributed by atoms with Crippen LogP contribution < -0.4 is 5.32 Å². The predicted octanol–water partition coefficient (Wildman–Crippen LogP) is 2.66. The highest BCUT2D eigenvalue weighted by Crippen LogP contribution is 2.19. The zero-order chi connectivity index (χ0) is 15.2. The number of hydrogen-bond donors (Lipinski definition) is 2. The van der Waals surface area contributed by atoms with Crippen LogP contribution in [0.5, 0.6) is 0 Å². The fourth-order valence-corrected chi connectivity index (χ4v) is 2.99. The third-order valence-electron chi connectivity index (χ3n) is 4.28. The molecule has 1 fully saturated rings. The highest BCUT2D eigenvalue weighted by Gasteiger charge is 2.25. The predicted molar refractivity (Wildman–Crippen MR) is 84.3 cm³/mol. The second kappa shape index (κ2) is 7.57. The lowest BCUT2D eigenvalue weighted by molar-refractivity contribution is -0.140. The Bertz CT molecular complexity index is 447. The number of nitrogens with one attached hydrogen (secondary N) is 1. The van der Waals surface area contributed by atoms with Gasteiger partial charge in [0.25, 0.3) is 0 Å². The van der Waals surface area contributed by atoms with E-state index in [0.717, 1.165) is 37.9 Å². The minimum atomic E-state index is -0.800. The molecule has 0 radical (unpaired) electrons. The molecule has 21 heavy (non-hydrogen) atoms. The number of nitrogens with zero attached hydrogens (tertiary/aromatic N) is 1. The first kappa shape index (κ1) is 16.0.